The molecule has 0 amide bonds. The highest BCUT2D eigenvalue weighted by molar-refractivity contribution is 6.42. The van der Waals surface area contributed by atoms with Crippen molar-refractivity contribution in [1.82, 2.24) is 5.32 Å². The van der Waals surface area contributed by atoms with Crippen molar-refractivity contribution >= 4 is 23.2 Å². The van der Waals surface area contributed by atoms with Gasteiger partial charge in [0.2, 0.25) is 0 Å². The highest BCUT2D eigenvalue weighted by atomic mass is 35.5. The SMILES string of the molecule is Clc1cccc(COCC2CCNCC2)c1Cl. The Hall–Kier alpha value is -0.280. The number of hydrogen-bond acceptors (Lipinski definition) is 2. The van der Waals surface area contributed by atoms with Crippen LogP contribution in [0.3, 0.4) is 0 Å². The first kappa shape index (κ1) is 13.2. The molecule has 4 heteroatoms. The van der Waals surface area contributed by atoms with E-state index in [4.69, 9.17) is 27.9 Å². The van der Waals surface area contributed by atoms with Gasteiger partial charge in [0.05, 0.1) is 16.7 Å². The van der Waals surface area contributed by atoms with Crippen LogP contribution in [0.15, 0.2) is 18.2 Å². The fourth-order valence-corrected chi connectivity index (χ4v) is 2.42. The molecule has 0 saturated carbocycles. The van der Waals surface area contributed by atoms with Crippen LogP contribution in [0.1, 0.15) is 18.4 Å². The number of benzene rings is 1. The Balaban J connectivity index is 1.79. The van der Waals surface area contributed by atoms with E-state index in [0.717, 1.165) is 25.3 Å². The number of hydrogen-bond donors (Lipinski definition) is 1. The molecule has 0 atom stereocenters. The predicted molar refractivity (Wildman–Crippen MR) is 71.7 cm³/mol. The van der Waals surface area contributed by atoms with Gasteiger partial charge in [0.15, 0.2) is 0 Å². The first-order chi connectivity index (χ1) is 8.27. The first-order valence-corrected chi connectivity index (χ1v) is 6.74. The highest BCUT2D eigenvalue weighted by Gasteiger charge is 2.13. The van der Waals surface area contributed by atoms with Crippen LogP contribution in [0.2, 0.25) is 10.0 Å². The maximum atomic E-state index is 6.09. The monoisotopic (exact) mass is 273 g/mol. The normalized spacial score (nSPS) is 17.3. The first-order valence-electron chi connectivity index (χ1n) is 5.98. The summed E-state index contributed by atoms with van der Waals surface area (Å²) in [5.74, 6) is 0.675. The fourth-order valence-electron chi connectivity index (χ4n) is 2.04. The van der Waals surface area contributed by atoms with Crippen LogP contribution in [-0.4, -0.2) is 19.7 Å². The lowest BCUT2D eigenvalue weighted by atomic mass is 9.99. The van der Waals surface area contributed by atoms with Crippen LogP contribution in [0, 0.1) is 5.92 Å². The highest BCUT2D eigenvalue weighted by Crippen LogP contribution is 2.26. The van der Waals surface area contributed by atoms with E-state index in [1.807, 2.05) is 12.1 Å². The summed E-state index contributed by atoms with van der Waals surface area (Å²) >= 11 is 12.0. The van der Waals surface area contributed by atoms with Gasteiger partial charge in [-0.05, 0) is 43.5 Å². The lowest BCUT2D eigenvalue weighted by molar-refractivity contribution is 0.0764. The quantitative estimate of drug-likeness (QED) is 0.907. The minimum Gasteiger partial charge on any atom is -0.376 e. The van der Waals surface area contributed by atoms with Gasteiger partial charge in [-0.2, -0.15) is 0 Å². The molecule has 0 aliphatic carbocycles. The number of nitrogens with one attached hydrogen (secondary N) is 1. The molecule has 1 fully saturated rings. The van der Waals surface area contributed by atoms with Crippen molar-refractivity contribution in [1.29, 1.82) is 0 Å². The molecule has 1 saturated heterocycles. The molecule has 0 unspecified atom stereocenters. The predicted octanol–water partition coefficient (Wildman–Crippen LogP) is 3.51. The fraction of sp³-hybridized carbons (Fsp3) is 0.538. The van der Waals surface area contributed by atoms with Gasteiger partial charge in [0.1, 0.15) is 0 Å². The van der Waals surface area contributed by atoms with Gasteiger partial charge < -0.3 is 10.1 Å². The molecular weight excluding hydrogens is 257 g/mol. The maximum absolute atomic E-state index is 6.09. The zero-order valence-electron chi connectivity index (χ0n) is 9.72. The third-order valence-electron chi connectivity index (χ3n) is 3.10. The summed E-state index contributed by atoms with van der Waals surface area (Å²) in [5.41, 5.74) is 0.966. The molecule has 17 heavy (non-hydrogen) atoms. The molecule has 2 rings (SSSR count). The summed E-state index contributed by atoms with van der Waals surface area (Å²) in [5, 5.41) is 4.55. The summed E-state index contributed by atoms with van der Waals surface area (Å²) in [6, 6.07) is 5.65. The largest absolute Gasteiger partial charge is 0.376 e. The lowest BCUT2D eigenvalue weighted by Gasteiger charge is -2.22. The second-order valence-corrected chi connectivity index (χ2v) is 5.21. The summed E-state index contributed by atoms with van der Waals surface area (Å²) in [6.45, 7) is 3.56. The van der Waals surface area contributed by atoms with Crippen LogP contribution in [0.5, 0.6) is 0 Å². The van der Waals surface area contributed by atoms with E-state index in [2.05, 4.69) is 5.32 Å². The molecule has 1 aromatic carbocycles. The molecule has 2 nitrogen and oxygen atoms in total. The Morgan fingerprint density at radius 1 is 1.24 bits per heavy atom. The summed E-state index contributed by atoms with van der Waals surface area (Å²) < 4.78 is 5.72. The van der Waals surface area contributed by atoms with Crippen LogP contribution in [0.4, 0.5) is 0 Å². The third-order valence-corrected chi connectivity index (χ3v) is 3.96. The van der Waals surface area contributed by atoms with Crippen molar-refractivity contribution in [2.24, 2.45) is 5.92 Å². The number of halogens is 2. The minimum absolute atomic E-state index is 0.545. The van der Waals surface area contributed by atoms with Gasteiger partial charge >= 0.3 is 0 Å². The Labute approximate surface area is 112 Å². The molecule has 1 N–H and O–H groups in total. The average Bonchev–Trinajstić information content (AvgIpc) is 2.36. The topological polar surface area (TPSA) is 21.3 Å². The molecule has 0 bridgehead atoms. The van der Waals surface area contributed by atoms with Gasteiger partial charge in [-0.1, -0.05) is 35.3 Å². The molecule has 1 aromatic rings. The van der Waals surface area contributed by atoms with Crippen molar-refractivity contribution in [3.05, 3.63) is 33.8 Å². The van der Waals surface area contributed by atoms with E-state index in [1.54, 1.807) is 6.07 Å². The Kier molecular flexibility index (Phi) is 5.11. The second kappa shape index (κ2) is 6.60. The van der Waals surface area contributed by atoms with Crippen molar-refractivity contribution < 1.29 is 4.74 Å². The van der Waals surface area contributed by atoms with Crippen LogP contribution in [0.25, 0.3) is 0 Å². The van der Waals surface area contributed by atoms with Crippen LogP contribution >= 0.6 is 23.2 Å². The molecule has 1 aliphatic rings. The minimum atomic E-state index is 0.545. The molecule has 0 aromatic heterocycles. The molecule has 0 spiro atoms. The van der Waals surface area contributed by atoms with Crippen molar-refractivity contribution in [3.63, 3.8) is 0 Å². The van der Waals surface area contributed by atoms with Gasteiger partial charge in [-0.15, -0.1) is 0 Å². The average molecular weight is 274 g/mol. The van der Waals surface area contributed by atoms with Crippen LogP contribution in [-0.2, 0) is 11.3 Å². The van der Waals surface area contributed by atoms with E-state index < -0.39 is 0 Å². The van der Waals surface area contributed by atoms with Crippen molar-refractivity contribution in [2.75, 3.05) is 19.7 Å². The Bertz CT molecular complexity index is 364. The molecule has 0 radical (unpaired) electrons. The standard InChI is InChI=1S/C13H17Cl2NO/c14-12-3-1-2-11(13(12)15)9-17-8-10-4-6-16-7-5-10/h1-3,10,16H,4-9H2. The van der Waals surface area contributed by atoms with Gasteiger partial charge in [0.25, 0.3) is 0 Å². The van der Waals surface area contributed by atoms with Gasteiger partial charge in [-0.25, -0.2) is 0 Å². The van der Waals surface area contributed by atoms with Crippen molar-refractivity contribution in [2.45, 2.75) is 19.4 Å². The maximum Gasteiger partial charge on any atom is 0.0732 e. The number of ether oxygens (including phenoxy) is 1. The van der Waals surface area contributed by atoms with E-state index in [0.29, 0.717) is 22.6 Å². The molecule has 94 valence electrons. The lowest BCUT2D eigenvalue weighted by Crippen LogP contribution is -2.29. The smallest absolute Gasteiger partial charge is 0.0732 e. The van der Waals surface area contributed by atoms with E-state index in [-0.39, 0.29) is 0 Å². The summed E-state index contributed by atoms with van der Waals surface area (Å²) in [4.78, 5) is 0. The van der Waals surface area contributed by atoms with E-state index in [1.165, 1.54) is 12.8 Å². The van der Waals surface area contributed by atoms with Crippen molar-refractivity contribution in [3.8, 4) is 0 Å². The summed E-state index contributed by atoms with van der Waals surface area (Å²) in [6.07, 6.45) is 2.40. The van der Waals surface area contributed by atoms with Gasteiger partial charge in [-0.3, -0.25) is 0 Å². The van der Waals surface area contributed by atoms with Crippen LogP contribution < -0.4 is 5.32 Å². The third kappa shape index (κ3) is 3.85. The Morgan fingerprint density at radius 3 is 2.76 bits per heavy atom. The molecular formula is C13H17Cl2NO. The second-order valence-electron chi connectivity index (χ2n) is 4.42. The number of piperidine rings is 1. The van der Waals surface area contributed by atoms with E-state index in [9.17, 15) is 0 Å². The zero-order valence-corrected chi connectivity index (χ0v) is 11.2. The molecule has 1 aliphatic heterocycles. The Morgan fingerprint density at radius 2 is 2.00 bits per heavy atom. The molecule has 1 heterocycles. The summed E-state index contributed by atoms with van der Waals surface area (Å²) in [7, 11) is 0. The van der Waals surface area contributed by atoms with Gasteiger partial charge in [0, 0.05) is 6.61 Å². The number of rotatable bonds is 4. The van der Waals surface area contributed by atoms with E-state index >= 15 is 0 Å². The zero-order chi connectivity index (χ0) is 12.1.